The summed E-state index contributed by atoms with van der Waals surface area (Å²) in [4.78, 5) is 23.8. The molecule has 0 aliphatic carbocycles. The lowest BCUT2D eigenvalue weighted by molar-refractivity contribution is -0.123. The van der Waals surface area contributed by atoms with Crippen LogP contribution in [0, 0.1) is 13.8 Å². The van der Waals surface area contributed by atoms with E-state index in [4.69, 9.17) is 9.26 Å². The van der Waals surface area contributed by atoms with Crippen LogP contribution < -0.4 is 5.32 Å². The number of anilines is 1. The summed E-state index contributed by atoms with van der Waals surface area (Å²) in [5.74, 6) is -0.150. The Labute approximate surface area is 122 Å². The van der Waals surface area contributed by atoms with E-state index in [1.165, 1.54) is 6.92 Å². The number of amides is 1. The number of nitrogens with zero attached hydrogens (tertiary/aromatic N) is 1. The van der Waals surface area contributed by atoms with Crippen LogP contribution in [0.4, 0.5) is 5.82 Å². The number of aryl methyl sites for hydroxylation is 2. The number of hydrogen-bond donors (Lipinski definition) is 1. The van der Waals surface area contributed by atoms with Crippen molar-refractivity contribution in [2.45, 2.75) is 26.9 Å². The molecule has 0 saturated heterocycles. The van der Waals surface area contributed by atoms with E-state index < -0.39 is 18.0 Å². The molecule has 1 heterocycles. The summed E-state index contributed by atoms with van der Waals surface area (Å²) < 4.78 is 9.94. The number of benzene rings is 1. The molecule has 1 aromatic carbocycles. The van der Waals surface area contributed by atoms with Gasteiger partial charge >= 0.3 is 5.97 Å². The Morgan fingerprint density at radius 1 is 1.24 bits per heavy atom. The number of carbonyl (C=O) groups excluding carboxylic acids is 2. The Bertz CT molecular complexity index is 646. The maximum Gasteiger partial charge on any atom is 0.338 e. The van der Waals surface area contributed by atoms with Gasteiger partial charge in [-0.25, -0.2) is 4.79 Å². The van der Waals surface area contributed by atoms with Crippen LogP contribution in [0.25, 0.3) is 0 Å². The minimum Gasteiger partial charge on any atom is -0.449 e. The van der Waals surface area contributed by atoms with Crippen LogP contribution in [0.3, 0.4) is 0 Å². The van der Waals surface area contributed by atoms with E-state index in [1.54, 1.807) is 37.3 Å². The average Bonchev–Trinajstić information content (AvgIpc) is 2.84. The Balaban J connectivity index is 1.93. The molecule has 1 aromatic heterocycles. The normalized spacial score (nSPS) is 11.8. The van der Waals surface area contributed by atoms with Gasteiger partial charge in [0.15, 0.2) is 11.9 Å². The number of hydrogen-bond acceptors (Lipinski definition) is 5. The van der Waals surface area contributed by atoms with Crippen LogP contribution in [-0.4, -0.2) is 23.1 Å². The molecule has 1 atom stereocenters. The molecule has 1 amide bonds. The Kier molecular flexibility index (Phi) is 4.37. The van der Waals surface area contributed by atoms with Gasteiger partial charge in [0.05, 0.1) is 5.56 Å². The SMILES string of the molecule is Cc1ccc(C(=O)OC(C)C(=O)Nc2cc(C)on2)cc1. The van der Waals surface area contributed by atoms with Crippen molar-refractivity contribution in [1.82, 2.24) is 5.16 Å². The first kappa shape index (κ1) is 14.8. The van der Waals surface area contributed by atoms with E-state index in [1.807, 2.05) is 6.92 Å². The van der Waals surface area contributed by atoms with Gasteiger partial charge < -0.3 is 14.6 Å². The summed E-state index contributed by atoms with van der Waals surface area (Å²) in [6.45, 7) is 5.13. The smallest absolute Gasteiger partial charge is 0.338 e. The van der Waals surface area contributed by atoms with E-state index in [2.05, 4.69) is 10.5 Å². The zero-order chi connectivity index (χ0) is 15.4. The fraction of sp³-hybridized carbons (Fsp3) is 0.267. The standard InChI is InChI=1S/C15H16N2O4/c1-9-4-6-12(7-5-9)15(19)20-11(3)14(18)16-13-8-10(2)21-17-13/h4-8,11H,1-3H3,(H,16,17,18). The van der Waals surface area contributed by atoms with Gasteiger partial charge in [-0.15, -0.1) is 0 Å². The molecule has 0 saturated carbocycles. The van der Waals surface area contributed by atoms with Crippen LogP contribution in [0.5, 0.6) is 0 Å². The van der Waals surface area contributed by atoms with Crippen molar-refractivity contribution >= 4 is 17.7 Å². The van der Waals surface area contributed by atoms with Crippen molar-refractivity contribution in [1.29, 1.82) is 0 Å². The molecule has 1 unspecified atom stereocenters. The largest absolute Gasteiger partial charge is 0.449 e. The first-order valence-electron chi connectivity index (χ1n) is 6.47. The van der Waals surface area contributed by atoms with Crippen molar-refractivity contribution in [2.24, 2.45) is 0 Å². The first-order chi connectivity index (χ1) is 9.95. The minimum atomic E-state index is -0.934. The lowest BCUT2D eigenvalue weighted by Crippen LogP contribution is -2.30. The lowest BCUT2D eigenvalue weighted by atomic mass is 10.1. The molecule has 0 aliphatic rings. The van der Waals surface area contributed by atoms with Gasteiger partial charge in [-0.3, -0.25) is 4.79 Å². The van der Waals surface area contributed by atoms with Gasteiger partial charge in [0.2, 0.25) is 0 Å². The molecule has 6 heteroatoms. The van der Waals surface area contributed by atoms with E-state index in [0.29, 0.717) is 11.3 Å². The van der Waals surface area contributed by atoms with Crippen LogP contribution in [-0.2, 0) is 9.53 Å². The second-order valence-electron chi connectivity index (χ2n) is 4.73. The summed E-state index contributed by atoms with van der Waals surface area (Å²) in [5, 5.41) is 6.15. The predicted molar refractivity (Wildman–Crippen MR) is 75.9 cm³/mol. The van der Waals surface area contributed by atoms with Crippen molar-refractivity contribution in [3.63, 3.8) is 0 Å². The topological polar surface area (TPSA) is 81.4 Å². The molecule has 0 spiro atoms. The van der Waals surface area contributed by atoms with Gasteiger partial charge in [-0.05, 0) is 32.9 Å². The summed E-state index contributed by atoms with van der Waals surface area (Å²) in [6, 6.07) is 8.50. The van der Waals surface area contributed by atoms with Crippen LogP contribution >= 0.6 is 0 Å². The molecule has 6 nitrogen and oxygen atoms in total. The second kappa shape index (κ2) is 6.21. The van der Waals surface area contributed by atoms with Gasteiger partial charge in [0, 0.05) is 6.07 Å². The number of ether oxygens (including phenoxy) is 1. The molecule has 1 N–H and O–H groups in total. The maximum atomic E-state index is 11.9. The number of nitrogens with one attached hydrogen (secondary N) is 1. The van der Waals surface area contributed by atoms with Gasteiger partial charge in [0.25, 0.3) is 5.91 Å². The highest BCUT2D eigenvalue weighted by atomic mass is 16.5. The Hall–Kier alpha value is -2.63. The number of rotatable bonds is 4. The van der Waals surface area contributed by atoms with E-state index >= 15 is 0 Å². The van der Waals surface area contributed by atoms with E-state index in [0.717, 1.165) is 5.56 Å². The molecule has 0 aliphatic heterocycles. The second-order valence-corrected chi connectivity index (χ2v) is 4.73. The third kappa shape index (κ3) is 3.92. The molecule has 2 rings (SSSR count). The highest BCUT2D eigenvalue weighted by molar-refractivity contribution is 5.96. The average molecular weight is 288 g/mol. The quantitative estimate of drug-likeness (QED) is 0.874. The van der Waals surface area contributed by atoms with Gasteiger partial charge in [-0.1, -0.05) is 22.9 Å². The summed E-state index contributed by atoms with van der Waals surface area (Å²) in [5.41, 5.74) is 1.44. The van der Waals surface area contributed by atoms with Crippen molar-refractivity contribution in [3.8, 4) is 0 Å². The lowest BCUT2D eigenvalue weighted by Gasteiger charge is -2.12. The Morgan fingerprint density at radius 2 is 1.90 bits per heavy atom. The highest BCUT2D eigenvalue weighted by Gasteiger charge is 2.19. The minimum absolute atomic E-state index is 0.288. The summed E-state index contributed by atoms with van der Waals surface area (Å²) in [6.07, 6.45) is -0.934. The van der Waals surface area contributed by atoms with Gasteiger partial charge in [0.1, 0.15) is 5.76 Å². The third-order valence-corrected chi connectivity index (χ3v) is 2.82. The van der Waals surface area contributed by atoms with E-state index in [9.17, 15) is 9.59 Å². The number of aromatic nitrogens is 1. The van der Waals surface area contributed by atoms with Crippen molar-refractivity contribution in [2.75, 3.05) is 5.32 Å². The molecule has 0 radical (unpaired) electrons. The van der Waals surface area contributed by atoms with Crippen LogP contribution in [0.2, 0.25) is 0 Å². The zero-order valence-corrected chi connectivity index (χ0v) is 12.0. The summed E-state index contributed by atoms with van der Waals surface area (Å²) >= 11 is 0. The first-order valence-corrected chi connectivity index (χ1v) is 6.47. The number of esters is 1. The monoisotopic (exact) mass is 288 g/mol. The highest BCUT2D eigenvalue weighted by Crippen LogP contribution is 2.10. The maximum absolute atomic E-state index is 11.9. The molecule has 0 bridgehead atoms. The fourth-order valence-electron chi connectivity index (χ4n) is 1.62. The van der Waals surface area contributed by atoms with Gasteiger partial charge in [-0.2, -0.15) is 0 Å². The molecular formula is C15H16N2O4. The molecule has 110 valence electrons. The fourth-order valence-corrected chi connectivity index (χ4v) is 1.62. The predicted octanol–water partition coefficient (Wildman–Crippen LogP) is 2.48. The van der Waals surface area contributed by atoms with Crippen LogP contribution in [0.1, 0.15) is 28.6 Å². The molecular weight excluding hydrogens is 272 g/mol. The molecule has 21 heavy (non-hydrogen) atoms. The third-order valence-electron chi connectivity index (χ3n) is 2.82. The summed E-state index contributed by atoms with van der Waals surface area (Å²) in [7, 11) is 0. The Morgan fingerprint density at radius 3 is 2.48 bits per heavy atom. The van der Waals surface area contributed by atoms with E-state index in [-0.39, 0.29) is 5.82 Å². The zero-order valence-electron chi connectivity index (χ0n) is 12.0. The molecule has 0 fully saturated rings. The van der Waals surface area contributed by atoms with Crippen molar-refractivity contribution < 1.29 is 18.8 Å². The molecule has 2 aromatic rings. The van der Waals surface area contributed by atoms with Crippen LogP contribution in [0.15, 0.2) is 34.9 Å². The van der Waals surface area contributed by atoms with Crippen molar-refractivity contribution in [3.05, 3.63) is 47.2 Å². The number of carbonyl (C=O) groups is 2.